The molecule has 2 aromatic heterocycles. The Bertz CT molecular complexity index is 434. The van der Waals surface area contributed by atoms with Gasteiger partial charge in [-0.15, -0.1) is 0 Å². The number of rotatable bonds is 1. The summed E-state index contributed by atoms with van der Waals surface area (Å²) in [6, 6.07) is 0. The van der Waals surface area contributed by atoms with E-state index >= 15 is 0 Å². The van der Waals surface area contributed by atoms with Gasteiger partial charge in [0.2, 0.25) is 0 Å². The maximum Gasteiger partial charge on any atom is 0.200 e. The van der Waals surface area contributed by atoms with Crippen molar-refractivity contribution < 1.29 is 4.79 Å². The molecular formula is C6H5N5O. The molecular weight excluding hydrogens is 158 g/mol. The van der Waals surface area contributed by atoms with E-state index in [1.54, 1.807) is 0 Å². The Hall–Kier alpha value is -1.98. The molecule has 0 radical (unpaired) electrons. The lowest BCUT2D eigenvalue weighted by Crippen LogP contribution is -1.91. The van der Waals surface area contributed by atoms with Crippen LogP contribution in [0.3, 0.4) is 0 Å². The van der Waals surface area contributed by atoms with Gasteiger partial charge in [-0.05, 0) is 0 Å². The highest BCUT2D eigenvalue weighted by atomic mass is 16.1. The van der Waals surface area contributed by atoms with E-state index < -0.39 is 0 Å². The molecule has 0 aliphatic carbocycles. The van der Waals surface area contributed by atoms with E-state index in [0.717, 1.165) is 0 Å². The van der Waals surface area contributed by atoms with Crippen LogP contribution in [0.25, 0.3) is 11.2 Å². The summed E-state index contributed by atoms with van der Waals surface area (Å²) in [5.41, 5.74) is 6.39. The van der Waals surface area contributed by atoms with Gasteiger partial charge in [0.1, 0.15) is 5.52 Å². The third-order valence-corrected chi connectivity index (χ3v) is 1.38. The number of fused-ring (bicyclic) bond motifs is 1. The van der Waals surface area contributed by atoms with Gasteiger partial charge >= 0.3 is 0 Å². The fraction of sp³-hybridized carbons (Fsp3) is 0. The number of aromatic nitrogens is 4. The second-order valence-corrected chi connectivity index (χ2v) is 2.21. The maximum atomic E-state index is 10.3. The van der Waals surface area contributed by atoms with Gasteiger partial charge in [-0.1, -0.05) is 0 Å². The summed E-state index contributed by atoms with van der Waals surface area (Å²) in [4.78, 5) is 24.4. The molecule has 0 aliphatic heterocycles. The number of hydrogen-bond acceptors (Lipinski definition) is 5. The highest BCUT2D eigenvalue weighted by molar-refractivity contribution is 5.77. The minimum atomic E-state index is 0.106. The van der Waals surface area contributed by atoms with Gasteiger partial charge < -0.3 is 10.7 Å². The van der Waals surface area contributed by atoms with Crippen molar-refractivity contribution in [3.05, 3.63) is 12.0 Å². The molecule has 2 rings (SSSR count). The molecule has 2 heterocycles. The monoisotopic (exact) mass is 163 g/mol. The summed E-state index contributed by atoms with van der Waals surface area (Å²) in [6.07, 6.45) is 2.03. The quantitative estimate of drug-likeness (QED) is 0.565. The fourth-order valence-corrected chi connectivity index (χ4v) is 0.896. The standard InChI is InChI=1S/C6H5N5O/c7-6-9-3-1-8-4(2-12)10-5(3)11-6/h1-2H,(H3,7,8,9,10,11). The van der Waals surface area contributed by atoms with E-state index in [9.17, 15) is 4.79 Å². The summed E-state index contributed by atoms with van der Waals surface area (Å²) in [6.45, 7) is 0. The van der Waals surface area contributed by atoms with Crippen molar-refractivity contribution in [2.24, 2.45) is 0 Å². The first kappa shape index (κ1) is 6.71. The van der Waals surface area contributed by atoms with Crippen molar-refractivity contribution in [1.82, 2.24) is 19.9 Å². The number of aldehydes is 1. The van der Waals surface area contributed by atoms with Crippen LogP contribution < -0.4 is 5.73 Å². The van der Waals surface area contributed by atoms with Crippen molar-refractivity contribution >= 4 is 23.4 Å². The predicted molar refractivity (Wildman–Crippen MR) is 41.5 cm³/mol. The largest absolute Gasteiger partial charge is 0.369 e. The minimum absolute atomic E-state index is 0.106. The molecule has 0 amide bonds. The van der Waals surface area contributed by atoms with E-state index in [1.165, 1.54) is 6.20 Å². The number of nitrogens with two attached hydrogens (primary N) is 1. The van der Waals surface area contributed by atoms with E-state index in [0.29, 0.717) is 17.5 Å². The summed E-state index contributed by atoms with van der Waals surface area (Å²) in [5.74, 6) is 0.372. The highest BCUT2D eigenvalue weighted by Crippen LogP contribution is 2.07. The van der Waals surface area contributed by atoms with Crippen LogP contribution in [-0.2, 0) is 0 Å². The fourth-order valence-electron chi connectivity index (χ4n) is 0.896. The van der Waals surface area contributed by atoms with Gasteiger partial charge in [0.15, 0.2) is 23.7 Å². The van der Waals surface area contributed by atoms with Crippen LogP contribution in [0.1, 0.15) is 10.6 Å². The van der Waals surface area contributed by atoms with Crippen molar-refractivity contribution in [3.8, 4) is 0 Å². The number of imidazole rings is 1. The minimum Gasteiger partial charge on any atom is -0.369 e. The lowest BCUT2D eigenvalue weighted by atomic mass is 10.5. The first-order chi connectivity index (χ1) is 5.79. The number of aromatic amines is 1. The van der Waals surface area contributed by atoms with Crippen LogP contribution in [0.5, 0.6) is 0 Å². The number of nitrogens with one attached hydrogen (secondary N) is 1. The van der Waals surface area contributed by atoms with Gasteiger partial charge in [0, 0.05) is 0 Å². The van der Waals surface area contributed by atoms with Crippen LogP contribution in [0.15, 0.2) is 6.20 Å². The zero-order valence-electron chi connectivity index (χ0n) is 5.98. The maximum absolute atomic E-state index is 10.3. The Morgan fingerprint density at radius 2 is 2.33 bits per heavy atom. The van der Waals surface area contributed by atoms with Crippen molar-refractivity contribution in [2.75, 3.05) is 5.73 Å². The summed E-state index contributed by atoms with van der Waals surface area (Å²) < 4.78 is 0. The zero-order chi connectivity index (χ0) is 8.55. The number of anilines is 1. The van der Waals surface area contributed by atoms with Crippen molar-refractivity contribution in [1.29, 1.82) is 0 Å². The molecule has 2 aromatic rings. The average Bonchev–Trinajstić information content (AvgIpc) is 2.43. The molecule has 0 saturated heterocycles. The molecule has 0 atom stereocenters. The first-order valence-electron chi connectivity index (χ1n) is 3.23. The Morgan fingerprint density at radius 1 is 1.50 bits per heavy atom. The summed E-state index contributed by atoms with van der Waals surface area (Å²) >= 11 is 0. The smallest absolute Gasteiger partial charge is 0.200 e. The molecule has 6 nitrogen and oxygen atoms in total. The van der Waals surface area contributed by atoms with Crippen molar-refractivity contribution in [3.63, 3.8) is 0 Å². The van der Waals surface area contributed by atoms with E-state index in [-0.39, 0.29) is 11.8 Å². The zero-order valence-corrected chi connectivity index (χ0v) is 5.98. The van der Waals surface area contributed by atoms with Crippen molar-refractivity contribution in [2.45, 2.75) is 0 Å². The Morgan fingerprint density at radius 3 is 3.08 bits per heavy atom. The summed E-state index contributed by atoms with van der Waals surface area (Å²) in [7, 11) is 0. The van der Waals surface area contributed by atoms with Crippen LogP contribution in [0.2, 0.25) is 0 Å². The highest BCUT2D eigenvalue weighted by Gasteiger charge is 2.02. The van der Waals surface area contributed by atoms with Gasteiger partial charge in [0.25, 0.3) is 0 Å². The number of hydrogen-bond donors (Lipinski definition) is 2. The third kappa shape index (κ3) is 0.895. The van der Waals surface area contributed by atoms with Gasteiger partial charge in [-0.3, -0.25) is 4.79 Å². The van der Waals surface area contributed by atoms with Gasteiger partial charge in [-0.2, -0.15) is 4.98 Å². The first-order valence-corrected chi connectivity index (χ1v) is 3.23. The molecule has 0 bridgehead atoms. The Labute approximate surface area is 66.8 Å². The van der Waals surface area contributed by atoms with Gasteiger partial charge in [-0.25, -0.2) is 9.97 Å². The number of H-pyrrole nitrogens is 1. The van der Waals surface area contributed by atoms with Crippen LogP contribution in [-0.4, -0.2) is 26.2 Å². The molecule has 6 heteroatoms. The molecule has 60 valence electrons. The molecule has 12 heavy (non-hydrogen) atoms. The lowest BCUT2D eigenvalue weighted by molar-refractivity contribution is 0.111. The van der Waals surface area contributed by atoms with Gasteiger partial charge in [0.05, 0.1) is 6.20 Å². The van der Waals surface area contributed by atoms with E-state index in [1.807, 2.05) is 0 Å². The Balaban J connectivity index is 2.74. The number of carbonyl (C=O) groups excluding carboxylic acids is 1. The molecule has 3 N–H and O–H groups in total. The molecule has 0 spiro atoms. The molecule has 0 saturated carbocycles. The van der Waals surface area contributed by atoms with Crippen LogP contribution in [0.4, 0.5) is 5.95 Å². The normalized spacial score (nSPS) is 10.3. The summed E-state index contributed by atoms with van der Waals surface area (Å²) in [5, 5.41) is 0. The number of carbonyl (C=O) groups is 1. The average molecular weight is 163 g/mol. The molecule has 0 unspecified atom stereocenters. The SMILES string of the molecule is Nc1nc2nc(C=O)ncc2[nH]1. The second-order valence-electron chi connectivity index (χ2n) is 2.21. The predicted octanol–water partition coefficient (Wildman–Crippen LogP) is -0.252. The third-order valence-electron chi connectivity index (χ3n) is 1.38. The van der Waals surface area contributed by atoms with Crippen LogP contribution >= 0.6 is 0 Å². The lowest BCUT2D eigenvalue weighted by Gasteiger charge is -1.86. The topological polar surface area (TPSA) is 97.6 Å². The molecule has 0 fully saturated rings. The Kier molecular flexibility index (Phi) is 1.26. The molecule has 0 aliphatic rings. The van der Waals surface area contributed by atoms with Crippen LogP contribution in [0, 0.1) is 0 Å². The second kappa shape index (κ2) is 2.26. The van der Waals surface area contributed by atoms with E-state index in [2.05, 4.69) is 19.9 Å². The number of nitrogen functional groups attached to an aromatic ring is 1. The van der Waals surface area contributed by atoms with E-state index in [4.69, 9.17) is 5.73 Å². The number of nitrogens with zero attached hydrogens (tertiary/aromatic N) is 3. The molecule has 0 aromatic carbocycles.